The van der Waals surface area contributed by atoms with Gasteiger partial charge in [-0.15, -0.1) is 0 Å². The molecule has 0 bridgehead atoms. The zero-order chi connectivity index (χ0) is 11.1. The average molecular weight is 225 g/mol. The average Bonchev–Trinajstić information content (AvgIpc) is 2.96. The molecule has 0 aromatic carbocycles. The van der Waals surface area contributed by atoms with Crippen molar-refractivity contribution in [3.63, 3.8) is 0 Å². The van der Waals surface area contributed by atoms with E-state index in [1.54, 1.807) is 0 Å². The van der Waals surface area contributed by atoms with Gasteiger partial charge in [-0.25, -0.2) is 0 Å². The van der Waals surface area contributed by atoms with Gasteiger partial charge in [-0.3, -0.25) is 0 Å². The van der Waals surface area contributed by atoms with Crippen molar-refractivity contribution < 1.29 is 13.9 Å². The third-order valence-electron chi connectivity index (χ3n) is 2.92. The van der Waals surface area contributed by atoms with Crippen LogP contribution in [0.1, 0.15) is 32.1 Å². The van der Waals surface area contributed by atoms with Crippen LogP contribution in [-0.4, -0.2) is 24.8 Å². The molecule has 0 saturated heterocycles. The van der Waals surface area contributed by atoms with Crippen LogP contribution in [0, 0.1) is 5.92 Å². The molecule has 90 valence electrons. The quantitative estimate of drug-likeness (QED) is 0.669. The van der Waals surface area contributed by atoms with Gasteiger partial charge in [0, 0.05) is 19.6 Å². The molecule has 0 N–H and O–H groups in total. The van der Waals surface area contributed by atoms with E-state index < -0.39 is 0 Å². The van der Waals surface area contributed by atoms with Gasteiger partial charge in [0.2, 0.25) is 0 Å². The van der Waals surface area contributed by atoms with Crippen molar-refractivity contribution in [2.24, 2.45) is 5.92 Å². The first-order valence-electron chi connectivity index (χ1n) is 6.04. The monoisotopic (exact) mass is 225 g/mol. The van der Waals surface area contributed by atoms with Gasteiger partial charge in [-0.05, 0) is 18.8 Å². The summed E-state index contributed by atoms with van der Waals surface area (Å²) in [6, 6.07) is 0. The Morgan fingerprint density at radius 1 is 1.31 bits per heavy atom. The van der Waals surface area contributed by atoms with Crippen LogP contribution in [0.2, 0.25) is 0 Å². The Kier molecular flexibility index (Phi) is 4.68. The third-order valence-corrected chi connectivity index (χ3v) is 2.92. The minimum atomic E-state index is 0.552. The summed E-state index contributed by atoms with van der Waals surface area (Å²) in [7, 11) is 0. The molecule has 4 nitrogen and oxygen atoms in total. The topological polar surface area (TPSA) is 44.5 Å². The smallest absolute Gasteiger partial charge is 0.252 e. The minimum Gasteiger partial charge on any atom is -0.475 e. The fourth-order valence-electron chi connectivity index (χ4n) is 2.04. The lowest BCUT2D eigenvalue weighted by atomic mass is 10.1. The number of aromatic nitrogens is 1. The SMILES string of the molecule is c1nc(OCCCOCC2CCCC2)co1. The van der Waals surface area contributed by atoms with Crippen molar-refractivity contribution in [3.05, 3.63) is 12.7 Å². The van der Waals surface area contributed by atoms with Crippen molar-refractivity contribution in [1.82, 2.24) is 4.98 Å². The van der Waals surface area contributed by atoms with E-state index in [1.165, 1.54) is 38.3 Å². The second kappa shape index (κ2) is 6.53. The molecule has 1 aliphatic rings. The van der Waals surface area contributed by atoms with E-state index >= 15 is 0 Å². The molecule has 1 aliphatic carbocycles. The number of nitrogens with zero attached hydrogens (tertiary/aromatic N) is 1. The highest BCUT2D eigenvalue weighted by Gasteiger charge is 2.14. The Hall–Kier alpha value is -1.03. The lowest BCUT2D eigenvalue weighted by molar-refractivity contribution is 0.0901. The van der Waals surface area contributed by atoms with Crippen LogP contribution in [-0.2, 0) is 4.74 Å². The van der Waals surface area contributed by atoms with E-state index in [0.717, 1.165) is 25.6 Å². The van der Waals surface area contributed by atoms with Gasteiger partial charge in [0.05, 0.1) is 6.61 Å². The van der Waals surface area contributed by atoms with E-state index in [0.29, 0.717) is 12.5 Å². The van der Waals surface area contributed by atoms with E-state index in [2.05, 4.69) is 4.98 Å². The summed E-state index contributed by atoms with van der Waals surface area (Å²) in [4.78, 5) is 3.87. The molecule has 0 radical (unpaired) electrons. The molecule has 1 aromatic rings. The number of oxazole rings is 1. The normalized spacial score (nSPS) is 16.8. The number of rotatable bonds is 7. The molecule has 1 aromatic heterocycles. The van der Waals surface area contributed by atoms with Crippen molar-refractivity contribution in [2.75, 3.05) is 19.8 Å². The van der Waals surface area contributed by atoms with Crippen LogP contribution in [0.3, 0.4) is 0 Å². The molecule has 0 unspecified atom stereocenters. The first kappa shape index (κ1) is 11.5. The van der Waals surface area contributed by atoms with Crippen LogP contribution < -0.4 is 4.74 Å². The maximum absolute atomic E-state index is 5.61. The van der Waals surface area contributed by atoms with Crippen molar-refractivity contribution in [3.8, 4) is 5.88 Å². The Morgan fingerprint density at radius 3 is 2.94 bits per heavy atom. The molecule has 16 heavy (non-hydrogen) atoms. The van der Waals surface area contributed by atoms with Crippen molar-refractivity contribution >= 4 is 0 Å². The van der Waals surface area contributed by atoms with Gasteiger partial charge in [-0.2, -0.15) is 4.98 Å². The molecule has 1 fully saturated rings. The first-order valence-corrected chi connectivity index (χ1v) is 6.04. The maximum Gasteiger partial charge on any atom is 0.252 e. The molecule has 0 spiro atoms. The van der Waals surface area contributed by atoms with Crippen LogP contribution in [0.15, 0.2) is 17.1 Å². The summed E-state index contributed by atoms with van der Waals surface area (Å²) < 4.78 is 15.7. The highest BCUT2D eigenvalue weighted by Crippen LogP contribution is 2.24. The molecule has 0 aliphatic heterocycles. The van der Waals surface area contributed by atoms with Crippen LogP contribution >= 0.6 is 0 Å². The summed E-state index contributed by atoms with van der Waals surface area (Å²) in [5, 5.41) is 0. The Balaban J connectivity index is 1.43. The highest BCUT2D eigenvalue weighted by molar-refractivity contribution is 4.97. The fourth-order valence-corrected chi connectivity index (χ4v) is 2.04. The maximum atomic E-state index is 5.61. The van der Waals surface area contributed by atoms with Gasteiger partial charge in [0.1, 0.15) is 0 Å². The van der Waals surface area contributed by atoms with Gasteiger partial charge in [0.25, 0.3) is 5.88 Å². The zero-order valence-electron chi connectivity index (χ0n) is 9.56. The fraction of sp³-hybridized carbons (Fsp3) is 0.750. The van der Waals surface area contributed by atoms with Gasteiger partial charge < -0.3 is 13.9 Å². The molecule has 1 saturated carbocycles. The Labute approximate surface area is 96.0 Å². The minimum absolute atomic E-state index is 0.552. The molecule has 0 atom stereocenters. The second-order valence-electron chi connectivity index (χ2n) is 4.25. The van der Waals surface area contributed by atoms with E-state index in [-0.39, 0.29) is 0 Å². The zero-order valence-corrected chi connectivity index (χ0v) is 9.56. The highest BCUT2D eigenvalue weighted by atomic mass is 16.5. The molecular weight excluding hydrogens is 206 g/mol. The lowest BCUT2D eigenvalue weighted by Crippen LogP contribution is -2.08. The second-order valence-corrected chi connectivity index (χ2v) is 4.25. The molecule has 0 amide bonds. The molecular formula is C12H19NO3. The summed E-state index contributed by atoms with van der Waals surface area (Å²) >= 11 is 0. The largest absolute Gasteiger partial charge is 0.475 e. The summed E-state index contributed by atoms with van der Waals surface area (Å²) in [5.41, 5.74) is 0. The predicted molar refractivity (Wildman–Crippen MR) is 59.4 cm³/mol. The number of ether oxygens (including phenoxy) is 2. The molecule has 4 heteroatoms. The summed E-state index contributed by atoms with van der Waals surface area (Å²) in [5.74, 6) is 1.35. The molecule has 1 heterocycles. The van der Waals surface area contributed by atoms with Gasteiger partial charge >= 0.3 is 0 Å². The Bertz CT molecular complexity index is 268. The number of hydrogen-bond donors (Lipinski definition) is 0. The number of hydrogen-bond acceptors (Lipinski definition) is 4. The molecule has 2 rings (SSSR count). The van der Waals surface area contributed by atoms with Gasteiger partial charge in [-0.1, -0.05) is 12.8 Å². The Morgan fingerprint density at radius 2 is 2.19 bits per heavy atom. The predicted octanol–water partition coefficient (Wildman–Crippen LogP) is 2.65. The standard InChI is InChI=1S/C12H19NO3/c1-2-5-11(4-1)8-14-6-3-7-16-12-9-15-10-13-12/h9-11H,1-8H2. The third kappa shape index (κ3) is 3.85. The summed E-state index contributed by atoms with van der Waals surface area (Å²) in [6.45, 7) is 2.33. The van der Waals surface area contributed by atoms with Crippen molar-refractivity contribution in [2.45, 2.75) is 32.1 Å². The van der Waals surface area contributed by atoms with Crippen LogP contribution in [0.4, 0.5) is 0 Å². The lowest BCUT2D eigenvalue weighted by Gasteiger charge is -2.09. The summed E-state index contributed by atoms with van der Waals surface area (Å²) in [6.07, 6.45) is 9.21. The first-order chi connectivity index (χ1) is 7.95. The van der Waals surface area contributed by atoms with E-state index in [4.69, 9.17) is 13.9 Å². The van der Waals surface area contributed by atoms with Crippen LogP contribution in [0.5, 0.6) is 5.88 Å². The van der Waals surface area contributed by atoms with Gasteiger partial charge in [0.15, 0.2) is 12.7 Å². The van der Waals surface area contributed by atoms with E-state index in [1.807, 2.05) is 0 Å². The van der Waals surface area contributed by atoms with E-state index in [9.17, 15) is 0 Å². The van der Waals surface area contributed by atoms with Crippen molar-refractivity contribution in [1.29, 1.82) is 0 Å². The van der Waals surface area contributed by atoms with Crippen LogP contribution in [0.25, 0.3) is 0 Å².